The molecule has 0 spiro atoms. The van der Waals surface area contributed by atoms with Crippen LogP contribution in [0.25, 0.3) is 16.8 Å². The summed E-state index contributed by atoms with van der Waals surface area (Å²) in [4.78, 5) is 32.2. The molecule has 0 fully saturated rings. The van der Waals surface area contributed by atoms with Crippen LogP contribution in [0, 0.1) is 7.14 Å². The highest BCUT2D eigenvalue weighted by atomic mass is 127. The number of allylic oxidation sites excluding steroid dienone is 1. The molecule has 1 N–H and O–H groups in total. The van der Waals surface area contributed by atoms with E-state index in [0.29, 0.717) is 27.7 Å². The zero-order valence-corrected chi connectivity index (χ0v) is 24.4. The lowest BCUT2D eigenvalue weighted by atomic mass is 9.91. The Morgan fingerprint density at radius 3 is 2.58 bits per heavy atom. The Morgan fingerprint density at radius 2 is 1.86 bits per heavy atom. The molecular formula is C27H20I2N2O4S. The van der Waals surface area contributed by atoms with Crippen molar-refractivity contribution in [1.82, 2.24) is 4.57 Å². The molecule has 4 aromatic rings. The Morgan fingerprint density at radius 1 is 1.17 bits per heavy atom. The predicted octanol–water partition coefficient (Wildman–Crippen LogP) is 4.87. The highest BCUT2D eigenvalue weighted by Gasteiger charge is 2.34. The van der Waals surface area contributed by atoms with Crippen LogP contribution in [0.3, 0.4) is 0 Å². The van der Waals surface area contributed by atoms with Crippen molar-refractivity contribution in [1.29, 1.82) is 0 Å². The van der Waals surface area contributed by atoms with Crippen LogP contribution >= 0.6 is 56.5 Å². The number of hydrogen-bond acceptors (Lipinski definition) is 6. The molecule has 0 bridgehead atoms. The van der Waals surface area contributed by atoms with E-state index in [0.717, 1.165) is 21.9 Å². The van der Waals surface area contributed by atoms with Gasteiger partial charge in [-0.15, -0.1) is 0 Å². The Bertz CT molecular complexity index is 1730. The first-order chi connectivity index (χ1) is 17.3. The minimum atomic E-state index is -0.673. The number of carbonyl (C=O) groups is 1. The number of ether oxygens (including phenoxy) is 1. The van der Waals surface area contributed by atoms with Gasteiger partial charge in [-0.05, 0) is 99.1 Å². The van der Waals surface area contributed by atoms with Crippen molar-refractivity contribution in [3.63, 3.8) is 0 Å². The first-order valence-corrected chi connectivity index (χ1v) is 14.1. The number of nitrogens with zero attached hydrogens (tertiary/aromatic N) is 2. The summed E-state index contributed by atoms with van der Waals surface area (Å²) in [5.41, 5.74) is 2.31. The summed E-state index contributed by atoms with van der Waals surface area (Å²) in [5, 5.41) is 12.1. The summed E-state index contributed by atoms with van der Waals surface area (Å²) in [5.74, 6) is -0.255. The molecule has 0 aliphatic carbocycles. The van der Waals surface area contributed by atoms with E-state index >= 15 is 0 Å². The van der Waals surface area contributed by atoms with Crippen LogP contribution in [-0.2, 0) is 9.53 Å². The SMILES string of the molecule is CCOC(=O)C1=C(C)N=c2s/c(=C\c3cc(I)c(O)c(I)c3)c(=O)n2[C@@H]1c1cccc2ccccc12. The average molecular weight is 722 g/mol. The fourth-order valence-corrected chi connectivity index (χ4v) is 7.26. The molecule has 1 aliphatic heterocycles. The highest BCUT2D eigenvalue weighted by molar-refractivity contribution is 14.1. The van der Waals surface area contributed by atoms with E-state index in [-0.39, 0.29) is 17.9 Å². The lowest BCUT2D eigenvalue weighted by molar-refractivity contribution is -0.139. The van der Waals surface area contributed by atoms with Crippen LogP contribution in [0.2, 0.25) is 0 Å². The van der Waals surface area contributed by atoms with Crippen LogP contribution in [0.4, 0.5) is 0 Å². The zero-order valence-electron chi connectivity index (χ0n) is 19.3. The number of rotatable bonds is 4. The lowest BCUT2D eigenvalue weighted by Crippen LogP contribution is -2.40. The Kier molecular flexibility index (Phi) is 7.05. The lowest BCUT2D eigenvalue weighted by Gasteiger charge is -2.25. The fraction of sp³-hybridized carbons (Fsp3) is 0.148. The van der Waals surface area contributed by atoms with Crippen molar-refractivity contribution in [2.45, 2.75) is 19.9 Å². The van der Waals surface area contributed by atoms with Crippen LogP contribution < -0.4 is 14.9 Å². The quantitative estimate of drug-likeness (QED) is 0.241. The van der Waals surface area contributed by atoms with E-state index < -0.39 is 12.0 Å². The molecule has 0 unspecified atom stereocenters. The van der Waals surface area contributed by atoms with E-state index in [4.69, 9.17) is 4.74 Å². The molecule has 6 nitrogen and oxygen atoms in total. The molecule has 0 radical (unpaired) electrons. The van der Waals surface area contributed by atoms with Crippen LogP contribution in [0.1, 0.15) is 31.0 Å². The van der Waals surface area contributed by atoms with Gasteiger partial charge in [0, 0.05) is 0 Å². The molecule has 36 heavy (non-hydrogen) atoms. The van der Waals surface area contributed by atoms with Crippen molar-refractivity contribution in [3.05, 3.63) is 104 Å². The van der Waals surface area contributed by atoms with Gasteiger partial charge >= 0.3 is 5.97 Å². The third kappa shape index (κ3) is 4.41. The molecule has 0 saturated carbocycles. The van der Waals surface area contributed by atoms with Crippen LogP contribution in [0.15, 0.2) is 75.7 Å². The molecule has 3 aromatic carbocycles. The zero-order chi connectivity index (χ0) is 25.6. The predicted molar refractivity (Wildman–Crippen MR) is 158 cm³/mol. The topological polar surface area (TPSA) is 80.9 Å². The van der Waals surface area contributed by atoms with Crippen molar-refractivity contribution < 1.29 is 14.6 Å². The third-order valence-electron chi connectivity index (χ3n) is 5.97. The Balaban J connectivity index is 1.80. The van der Waals surface area contributed by atoms with E-state index in [1.54, 1.807) is 24.5 Å². The summed E-state index contributed by atoms with van der Waals surface area (Å²) < 4.78 is 8.91. The number of thiazole rings is 1. The standard InChI is InChI=1S/C27H20I2N2O4S/c1-3-35-26(34)22-14(2)30-27-31(23(22)18-10-6-8-16-7-4-5-9-17(16)18)25(33)21(36-27)13-15-11-19(28)24(32)20(29)12-15/h4-13,23,32H,3H2,1-2H3/b21-13-/t23-/m1/s1. The van der Waals surface area contributed by atoms with Gasteiger partial charge in [0.05, 0.1) is 35.6 Å². The van der Waals surface area contributed by atoms with Gasteiger partial charge in [-0.25, -0.2) is 9.79 Å². The average Bonchev–Trinajstić information content (AvgIpc) is 3.15. The summed E-state index contributed by atoms with van der Waals surface area (Å²) in [6, 6.07) is 16.8. The number of halogens is 2. The molecule has 2 heterocycles. The highest BCUT2D eigenvalue weighted by Crippen LogP contribution is 2.35. The van der Waals surface area contributed by atoms with Crippen molar-refractivity contribution >= 4 is 79.3 Å². The minimum absolute atomic E-state index is 0.223. The second-order valence-corrected chi connectivity index (χ2v) is 11.5. The summed E-state index contributed by atoms with van der Waals surface area (Å²) in [6.45, 7) is 3.77. The maximum absolute atomic E-state index is 13.9. The number of benzene rings is 3. The Hall–Kier alpha value is -2.51. The molecule has 1 aliphatic rings. The number of phenolic OH excluding ortho intramolecular Hbond substituents is 1. The van der Waals surface area contributed by atoms with Crippen molar-refractivity contribution in [2.75, 3.05) is 6.61 Å². The first kappa shape index (κ1) is 25.2. The van der Waals surface area contributed by atoms with Gasteiger partial charge in [0.15, 0.2) is 4.80 Å². The van der Waals surface area contributed by atoms with Crippen LogP contribution in [0.5, 0.6) is 5.75 Å². The molecule has 0 saturated heterocycles. The first-order valence-electron chi connectivity index (χ1n) is 11.2. The third-order valence-corrected chi connectivity index (χ3v) is 8.60. The second-order valence-electron chi connectivity index (χ2n) is 8.20. The monoisotopic (exact) mass is 722 g/mol. The van der Waals surface area contributed by atoms with Crippen molar-refractivity contribution in [3.8, 4) is 5.75 Å². The number of aromatic hydroxyl groups is 1. The molecule has 5 rings (SSSR count). The van der Waals surface area contributed by atoms with Gasteiger partial charge in [-0.1, -0.05) is 53.8 Å². The smallest absolute Gasteiger partial charge is 0.338 e. The number of fused-ring (bicyclic) bond motifs is 2. The Labute approximate surface area is 237 Å². The van der Waals surface area contributed by atoms with Crippen LogP contribution in [-0.4, -0.2) is 22.2 Å². The van der Waals surface area contributed by atoms with Gasteiger partial charge in [0.2, 0.25) is 0 Å². The number of aromatic nitrogens is 1. The summed E-state index contributed by atoms with van der Waals surface area (Å²) in [7, 11) is 0. The van der Waals surface area contributed by atoms with E-state index in [2.05, 4.69) is 50.2 Å². The molecule has 1 atom stereocenters. The molecular weight excluding hydrogens is 702 g/mol. The van der Waals surface area contributed by atoms with Gasteiger partial charge in [0.25, 0.3) is 5.56 Å². The van der Waals surface area contributed by atoms with E-state index in [1.165, 1.54) is 11.3 Å². The normalized spacial score (nSPS) is 15.7. The van der Waals surface area contributed by atoms with Gasteiger partial charge in [-0.3, -0.25) is 9.36 Å². The minimum Gasteiger partial charge on any atom is -0.506 e. The fourth-order valence-electron chi connectivity index (χ4n) is 4.39. The molecule has 9 heteroatoms. The van der Waals surface area contributed by atoms with Gasteiger partial charge in [-0.2, -0.15) is 0 Å². The maximum atomic E-state index is 13.9. The maximum Gasteiger partial charge on any atom is 0.338 e. The summed E-state index contributed by atoms with van der Waals surface area (Å²) >= 11 is 5.42. The largest absolute Gasteiger partial charge is 0.506 e. The van der Waals surface area contributed by atoms with Crippen molar-refractivity contribution in [2.24, 2.45) is 4.99 Å². The number of hydrogen-bond donors (Lipinski definition) is 1. The van der Waals surface area contributed by atoms with E-state index in [1.807, 2.05) is 54.6 Å². The van der Waals surface area contributed by atoms with E-state index in [9.17, 15) is 14.7 Å². The molecule has 1 aromatic heterocycles. The molecule has 182 valence electrons. The summed E-state index contributed by atoms with van der Waals surface area (Å²) in [6.07, 6.45) is 1.80. The van der Waals surface area contributed by atoms with Gasteiger partial charge in [0.1, 0.15) is 5.75 Å². The van der Waals surface area contributed by atoms with Gasteiger partial charge < -0.3 is 9.84 Å². The number of phenols is 1. The number of esters is 1. The number of carbonyl (C=O) groups excluding carboxylic acids is 1. The molecule has 0 amide bonds. The second kappa shape index (κ2) is 10.1.